The molecular formula is C12H15NO4. The van der Waals surface area contributed by atoms with Crippen molar-refractivity contribution in [2.75, 3.05) is 0 Å². The van der Waals surface area contributed by atoms with Crippen molar-refractivity contribution in [1.82, 2.24) is 4.90 Å². The number of amides is 2. The second kappa shape index (κ2) is 3.48. The van der Waals surface area contributed by atoms with Crippen molar-refractivity contribution in [3.05, 3.63) is 11.8 Å². The van der Waals surface area contributed by atoms with Crippen LogP contribution < -0.4 is 0 Å². The molecule has 0 aromatic carbocycles. The summed E-state index contributed by atoms with van der Waals surface area (Å²) in [5, 5.41) is 18.3. The lowest BCUT2D eigenvalue weighted by atomic mass is 9.94. The lowest BCUT2D eigenvalue weighted by Gasteiger charge is -2.24. The Bertz CT molecular complexity index is 417. The van der Waals surface area contributed by atoms with Crippen LogP contribution in [0.2, 0.25) is 0 Å². The summed E-state index contributed by atoms with van der Waals surface area (Å²) in [5.74, 6) is 0.214. The van der Waals surface area contributed by atoms with Crippen molar-refractivity contribution in [1.29, 1.82) is 0 Å². The molecule has 92 valence electrons. The van der Waals surface area contributed by atoms with Crippen molar-refractivity contribution in [3.63, 3.8) is 0 Å². The lowest BCUT2D eigenvalue weighted by Crippen LogP contribution is -2.41. The summed E-state index contributed by atoms with van der Waals surface area (Å²) in [6.45, 7) is 0. The monoisotopic (exact) mass is 237 g/mol. The maximum Gasteiger partial charge on any atom is 0.414 e. The van der Waals surface area contributed by atoms with Gasteiger partial charge in [0.05, 0.1) is 17.9 Å². The van der Waals surface area contributed by atoms with Crippen molar-refractivity contribution < 1.29 is 19.8 Å². The second-order valence-corrected chi connectivity index (χ2v) is 5.23. The van der Waals surface area contributed by atoms with Gasteiger partial charge in [-0.1, -0.05) is 12.8 Å². The molecular weight excluding hydrogens is 222 g/mol. The van der Waals surface area contributed by atoms with E-state index in [4.69, 9.17) is 10.2 Å². The molecule has 3 fully saturated rings. The molecule has 1 heterocycles. The topological polar surface area (TPSA) is 77.8 Å². The van der Waals surface area contributed by atoms with Gasteiger partial charge in [-0.3, -0.25) is 4.79 Å². The number of hydrogen-bond acceptors (Lipinski definition) is 3. The van der Waals surface area contributed by atoms with Gasteiger partial charge in [0.1, 0.15) is 0 Å². The molecule has 0 spiro atoms. The molecule has 3 rings (SSSR count). The number of hydrogen-bond donors (Lipinski definition) is 2. The van der Waals surface area contributed by atoms with Gasteiger partial charge in [-0.25, -0.2) is 9.69 Å². The third-order valence-electron chi connectivity index (χ3n) is 4.63. The minimum Gasteiger partial charge on any atom is -0.515 e. The SMILES string of the molecule is O=C(O)N1C(=O)/C(=C/O)[C@H]2C[C@@H]3CCC[C@@H]3[C@H]21. The molecule has 0 aromatic rings. The number of fused-ring (bicyclic) bond motifs is 3. The highest BCUT2D eigenvalue weighted by molar-refractivity contribution is 6.05. The van der Waals surface area contributed by atoms with E-state index in [1.165, 1.54) is 0 Å². The predicted octanol–water partition coefficient (Wildman–Crippen LogP) is 1.75. The van der Waals surface area contributed by atoms with E-state index in [1.54, 1.807) is 0 Å². The highest BCUT2D eigenvalue weighted by Crippen LogP contribution is 2.54. The standard InChI is InChI=1S/C12H15NO4/c14-5-9-8-4-6-2-1-3-7(6)10(8)13(11(9)15)12(16)17/h5-8,10,14H,1-4H2,(H,16,17)/b9-5+/t6-,7-,8+,10+/m0/s1. The van der Waals surface area contributed by atoms with Crippen molar-refractivity contribution >= 4 is 12.0 Å². The van der Waals surface area contributed by atoms with Gasteiger partial charge < -0.3 is 10.2 Å². The molecule has 2 amide bonds. The fourth-order valence-corrected chi connectivity index (χ4v) is 4.05. The fraction of sp³-hybridized carbons (Fsp3) is 0.667. The molecule has 5 nitrogen and oxygen atoms in total. The Hall–Kier alpha value is -1.52. The first-order chi connectivity index (χ1) is 8.15. The molecule has 3 aliphatic rings. The first-order valence-electron chi connectivity index (χ1n) is 6.06. The van der Waals surface area contributed by atoms with Crippen molar-refractivity contribution in [3.8, 4) is 0 Å². The van der Waals surface area contributed by atoms with E-state index in [0.717, 1.165) is 36.8 Å². The number of carboxylic acid groups (broad SMARTS) is 1. The molecule has 0 bridgehead atoms. The largest absolute Gasteiger partial charge is 0.515 e. The van der Waals surface area contributed by atoms with Crippen LogP contribution in [0.1, 0.15) is 25.7 Å². The van der Waals surface area contributed by atoms with Crippen LogP contribution >= 0.6 is 0 Å². The van der Waals surface area contributed by atoms with Crippen LogP contribution in [0.3, 0.4) is 0 Å². The van der Waals surface area contributed by atoms with Gasteiger partial charge in [-0.05, 0) is 24.7 Å². The minimum absolute atomic E-state index is 0.0844. The number of likely N-dealkylation sites (tertiary alicyclic amines) is 1. The number of imide groups is 1. The summed E-state index contributed by atoms with van der Waals surface area (Å²) in [5.41, 5.74) is 0.284. The minimum atomic E-state index is -1.19. The summed E-state index contributed by atoms with van der Waals surface area (Å²) in [4.78, 5) is 24.0. The smallest absolute Gasteiger partial charge is 0.414 e. The second-order valence-electron chi connectivity index (χ2n) is 5.23. The third-order valence-corrected chi connectivity index (χ3v) is 4.63. The maximum atomic E-state index is 11.9. The first-order valence-corrected chi connectivity index (χ1v) is 6.06. The average Bonchev–Trinajstić information content (AvgIpc) is 2.87. The van der Waals surface area contributed by atoms with Crippen LogP contribution in [0, 0.1) is 17.8 Å². The maximum absolute atomic E-state index is 11.9. The van der Waals surface area contributed by atoms with Crippen LogP contribution in [-0.4, -0.2) is 33.2 Å². The Morgan fingerprint density at radius 1 is 1.41 bits per heavy atom. The normalized spacial score (nSPS) is 42.0. The molecule has 2 saturated carbocycles. The number of rotatable bonds is 0. The van der Waals surface area contributed by atoms with Gasteiger partial charge in [-0.2, -0.15) is 0 Å². The zero-order valence-corrected chi connectivity index (χ0v) is 9.37. The van der Waals surface area contributed by atoms with E-state index in [-0.39, 0.29) is 17.5 Å². The number of carbonyl (C=O) groups is 2. The number of aliphatic hydroxyl groups is 1. The van der Waals surface area contributed by atoms with E-state index in [0.29, 0.717) is 11.8 Å². The Labute approximate surface area is 98.7 Å². The molecule has 0 aromatic heterocycles. The Balaban J connectivity index is 2.01. The average molecular weight is 237 g/mol. The van der Waals surface area contributed by atoms with Gasteiger partial charge in [0.25, 0.3) is 5.91 Å². The van der Waals surface area contributed by atoms with Crippen LogP contribution in [0.4, 0.5) is 4.79 Å². The zero-order chi connectivity index (χ0) is 12.2. The Kier molecular flexibility index (Phi) is 2.18. The summed E-state index contributed by atoms with van der Waals surface area (Å²) < 4.78 is 0. The first kappa shape index (κ1) is 10.6. The van der Waals surface area contributed by atoms with Gasteiger partial charge in [0.15, 0.2) is 0 Å². The van der Waals surface area contributed by atoms with E-state index >= 15 is 0 Å². The van der Waals surface area contributed by atoms with E-state index in [9.17, 15) is 9.59 Å². The van der Waals surface area contributed by atoms with Gasteiger partial charge >= 0.3 is 6.09 Å². The molecule has 17 heavy (non-hydrogen) atoms. The van der Waals surface area contributed by atoms with Crippen LogP contribution in [0.5, 0.6) is 0 Å². The van der Waals surface area contributed by atoms with Gasteiger partial charge in [0.2, 0.25) is 0 Å². The molecule has 1 aliphatic heterocycles. The summed E-state index contributed by atoms with van der Waals surface area (Å²) in [6.07, 6.45) is 3.72. The van der Waals surface area contributed by atoms with Gasteiger partial charge in [0, 0.05) is 5.92 Å². The fourth-order valence-electron chi connectivity index (χ4n) is 4.05. The van der Waals surface area contributed by atoms with E-state index < -0.39 is 12.0 Å². The highest BCUT2D eigenvalue weighted by Gasteiger charge is 2.58. The van der Waals surface area contributed by atoms with Crippen LogP contribution in [-0.2, 0) is 4.79 Å². The summed E-state index contributed by atoms with van der Waals surface area (Å²) in [6, 6.07) is -0.231. The quantitative estimate of drug-likeness (QED) is 0.497. The molecule has 0 unspecified atom stereocenters. The Morgan fingerprint density at radius 3 is 2.82 bits per heavy atom. The lowest BCUT2D eigenvalue weighted by molar-refractivity contribution is -0.124. The summed E-state index contributed by atoms with van der Waals surface area (Å²) >= 11 is 0. The Morgan fingerprint density at radius 2 is 2.18 bits per heavy atom. The van der Waals surface area contributed by atoms with Crippen LogP contribution in [0.25, 0.3) is 0 Å². The molecule has 0 radical (unpaired) electrons. The van der Waals surface area contributed by atoms with Crippen molar-refractivity contribution in [2.45, 2.75) is 31.7 Å². The van der Waals surface area contributed by atoms with Gasteiger partial charge in [-0.15, -0.1) is 0 Å². The predicted molar refractivity (Wildman–Crippen MR) is 58.3 cm³/mol. The third kappa shape index (κ3) is 1.25. The molecule has 5 heteroatoms. The van der Waals surface area contributed by atoms with Crippen LogP contribution in [0.15, 0.2) is 11.8 Å². The molecule has 2 aliphatic carbocycles. The summed E-state index contributed by atoms with van der Waals surface area (Å²) in [7, 11) is 0. The number of nitrogens with zero attached hydrogens (tertiary/aromatic N) is 1. The molecule has 4 atom stereocenters. The molecule has 2 N–H and O–H groups in total. The number of aliphatic hydroxyl groups excluding tert-OH is 1. The van der Waals surface area contributed by atoms with E-state index in [2.05, 4.69) is 0 Å². The van der Waals surface area contributed by atoms with Crippen molar-refractivity contribution in [2.24, 2.45) is 17.8 Å². The van der Waals surface area contributed by atoms with E-state index in [1.807, 2.05) is 0 Å². The zero-order valence-electron chi connectivity index (χ0n) is 9.37. The molecule has 1 saturated heterocycles. The highest BCUT2D eigenvalue weighted by atomic mass is 16.4. The number of carbonyl (C=O) groups excluding carboxylic acids is 1.